The molecule has 1 amide bonds. The third-order valence-electron chi connectivity index (χ3n) is 4.06. The van der Waals surface area contributed by atoms with Gasteiger partial charge in [0.2, 0.25) is 5.91 Å². The number of carboxylic acid groups (broad SMARTS) is 1. The molecule has 0 spiro atoms. The number of aromatic carboxylic acids is 1. The topological polar surface area (TPSA) is 75.6 Å². The third-order valence-corrected chi connectivity index (χ3v) is 4.06. The summed E-state index contributed by atoms with van der Waals surface area (Å²) in [5.74, 6) is -0.227. The number of methoxy groups -OCH3 is 1. The van der Waals surface area contributed by atoms with Crippen LogP contribution in [0.25, 0.3) is 0 Å². The molecule has 1 aliphatic carbocycles. The van der Waals surface area contributed by atoms with E-state index < -0.39 is 5.97 Å². The number of carbonyl (C=O) groups is 2. The third kappa shape index (κ3) is 3.54. The number of hydrogen-bond acceptors (Lipinski definition) is 3. The molecular weight excluding hydrogens is 270 g/mol. The molecule has 0 heterocycles. The first kappa shape index (κ1) is 15.4. The number of nitrogens with one attached hydrogen (secondary N) is 1. The van der Waals surface area contributed by atoms with Gasteiger partial charge in [0.15, 0.2) is 0 Å². The Morgan fingerprint density at radius 2 is 2.10 bits per heavy atom. The molecule has 1 fully saturated rings. The zero-order chi connectivity index (χ0) is 15.6. The number of carbonyl (C=O) groups excluding carboxylic acids is 1. The zero-order valence-corrected chi connectivity index (χ0v) is 12.6. The molecule has 0 aromatic heterocycles. The highest BCUT2D eigenvalue weighted by Gasteiger charge is 2.50. The summed E-state index contributed by atoms with van der Waals surface area (Å²) >= 11 is 0. The molecule has 1 aliphatic rings. The summed E-state index contributed by atoms with van der Waals surface area (Å²) in [7, 11) is 1.51. The van der Waals surface area contributed by atoms with Gasteiger partial charge >= 0.3 is 5.97 Å². The van der Waals surface area contributed by atoms with E-state index >= 15 is 0 Å². The van der Waals surface area contributed by atoms with Gasteiger partial charge < -0.3 is 15.2 Å². The van der Waals surface area contributed by atoms with E-state index in [1.807, 2.05) is 0 Å². The molecule has 5 nitrogen and oxygen atoms in total. The van der Waals surface area contributed by atoms with Gasteiger partial charge in [0.05, 0.1) is 12.7 Å². The van der Waals surface area contributed by atoms with Crippen molar-refractivity contribution in [1.82, 2.24) is 5.32 Å². The Morgan fingerprint density at radius 1 is 1.43 bits per heavy atom. The largest absolute Gasteiger partial charge is 0.496 e. The molecule has 0 bridgehead atoms. The van der Waals surface area contributed by atoms with Crippen molar-refractivity contribution in [1.29, 1.82) is 0 Å². The number of hydrogen-bond donors (Lipinski definition) is 2. The minimum Gasteiger partial charge on any atom is -0.496 e. The standard InChI is InChI=1S/C16H21NO4/c1-16(2)9-12(16)14(18)17-7-6-10-4-5-11(15(19)20)8-13(10)21-3/h4-5,8,12H,6-7,9H2,1-3H3,(H,17,18)(H,19,20)/t12-/m1/s1. The molecule has 5 heteroatoms. The molecule has 0 radical (unpaired) electrons. The van der Waals surface area contributed by atoms with E-state index in [0.29, 0.717) is 18.7 Å². The predicted molar refractivity (Wildman–Crippen MR) is 78.6 cm³/mol. The number of amides is 1. The van der Waals surface area contributed by atoms with E-state index in [9.17, 15) is 9.59 Å². The smallest absolute Gasteiger partial charge is 0.335 e. The van der Waals surface area contributed by atoms with Crippen LogP contribution in [0.3, 0.4) is 0 Å². The molecule has 114 valence electrons. The van der Waals surface area contributed by atoms with E-state index in [-0.39, 0.29) is 22.8 Å². The molecule has 1 aromatic rings. The average Bonchev–Trinajstić information content (AvgIpc) is 3.07. The lowest BCUT2D eigenvalue weighted by atomic mass is 10.1. The average molecular weight is 291 g/mol. The lowest BCUT2D eigenvalue weighted by molar-refractivity contribution is -0.122. The van der Waals surface area contributed by atoms with Gasteiger partial charge in [-0.3, -0.25) is 4.79 Å². The Morgan fingerprint density at radius 3 is 2.62 bits per heavy atom. The Hall–Kier alpha value is -2.04. The molecule has 2 rings (SSSR count). The summed E-state index contributed by atoms with van der Waals surface area (Å²) in [6.45, 7) is 4.70. The zero-order valence-electron chi connectivity index (χ0n) is 12.6. The van der Waals surface area contributed by atoms with E-state index in [4.69, 9.17) is 9.84 Å². The summed E-state index contributed by atoms with van der Waals surface area (Å²) < 4.78 is 5.21. The van der Waals surface area contributed by atoms with Crippen molar-refractivity contribution >= 4 is 11.9 Å². The second-order valence-electron chi connectivity index (χ2n) is 6.12. The quantitative estimate of drug-likeness (QED) is 0.841. The monoisotopic (exact) mass is 291 g/mol. The normalized spacial score (nSPS) is 18.9. The van der Waals surface area contributed by atoms with Crippen LogP contribution in [-0.4, -0.2) is 30.6 Å². The van der Waals surface area contributed by atoms with Crippen LogP contribution < -0.4 is 10.1 Å². The van der Waals surface area contributed by atoms with Crippen LogP contribution in [0.4, 0.5) is 0 Å². The fraction of sp³-hybridized carbons (Fsp3) is 0.500. The van der Waals surface area contributed by atoms with Crippen molar-refractivity contribution < 1.29 is 19.4 Å². The number of carboxylic acids is 1. The fourth-order valence-corrected chi connectivity index (χ4v) is 2.44. The first-order chi connectivity index (χ1) is 9.85. The first-order valence-electron chi connectivity index (χ1n) is 7.03. The van der Waals surface area contributed by atoms with Crippen LogP contribution in [0, 0.1) is 11.3 Å². The molecular formula is C16H21NO4. The summed E-state index contributed by atoms with van der Waals surface area (Å²) in [5, 5.41) is 11.9. The van der Waals surface area contributed by atoms with Crippen molar-refractivity contribution in [3.05, 3.63) is 29.3 Å². The molecule has 1 aromatic carbocycles. The highest BCUT2D eigenvalue weighted by Crippen LogP contribution is 2.51. The minimum atomic E-state index is -0.982. The minimum absolute atomic E-state index is 0.0983. The SMILES string of the molecule is COc1cc(C(=O)O)ccc1CCNC(=O)[C@H]1CC1(C)C. The van der Waals surface area contributed by atoms with E-state index in [2.05, 4.69) is 19.2 Å². The molecule has 0 saturated heterocycles. The molecule has 2 N–H and O–H groups in total. The number of ether oxygens (including phenoxy) is 1. The van der Waals surface area contributed by atoms with Crippen molar-refractivity contribution in [2.45, 2.75) is 26.7 Å². The van der Waals surface area contributed by atoms with Gasteiger partial charge in [-0.1, -0.05) is 19.9 Å². The Kier molecular flexibility index (Phi) is 4.21. The fourth-order valence-electron chi connectivity index (χ4n) is 2.44. The van der Waals surface area contributed by atoms with Gasteiger partial charge in [-0.05, 0) is 36.0 Å². The van der Waals surface area contributed by atoms with Crippen molar-refractivity contribution in [3.63, 3.8) is 0 Å². The van der Waals surface area contributed by atoms with Crippen molar-refractivity contribution in [3.8, 4) is 5.75 Å². The van der Waals surface area contributed by atoms with Crippen LogP contribution in [0.15, 0.2) is 18.2 Å². The maximum Gasteiger partial charge on any atom is 0.335 e. The van der Waals surface area contributed by atoms with Gasteiger partial charge in [-0.25, -0.2) is 4.79 Å². The van der Waals surface area contributed by atoms with Crippen LogP contribution in [0.5, 0.6) is 5.75 Å². The second-order valence-corrected chi connectivity index (χ2v) is 6.12. The summed E-state index contributed by atoms with van der Waals surface area (Å²) in [4.78, 5) is 22.8. The van der Waals surface area contributed by atoms with Crippen LogP contribution >= 0.6 is 0 Å². The highest BCUT2D eigenvalue weighted by molar-refractivity contribution is 5.88. The summed E-state index contributed by atoms with van der Waals surface area (Å²) in [5.41, 5.74) is 1.21. The molecule has 1 atom stereocenters. The molecule has 21 heavy (non-hydrogen) atoms. The van der Waals surface area contributed by atoms with E-state index in [1.165, 1.54) is 13.2 Å². The van der Waals surface area contributed by atoms with Crippen LogP contribution in [0.2, 0.25) is 0 Å². The predicted octanol–water partition coefficient (Wildman–Crippen LogP) is 2.10. The Labute approximate surface area is 124 Å². The maximum atomic E-state index is 11.9. The van der Waals surface area contributed by atoms with Gasteiger partial charge in [0.25, 0.3) is 0 Å². The van der Waals surface area contributed by atoms with Gasteiger partial charge in [-0.15, -0.1) is 0 Å². The second kappa shape index (κ2) is 5.76. The highest BCUT2D eigenvalue weighted by atomic mass is 16.5. The summed E-state index contributed by atoms with van der Waals surface area (Å²) in [6.07, 6.45) is 1.55. The maximum absolute atomic E-state index is 11.9. The lowest BCUT2D eigenvalue weighted by Gasteiger charge is -2.10. The van der Waals surface area contributed by atoms with Gasteiger partial charge in [-0.2, -0.15) is 0 Å². The Balaban J connectivity index is 1.91. The number of benzene rings is 1. The molecule has 0 unspecified atom stereocenters. The Bertz CT molecular complexity index is 565. The van der Waals surface area contributed by atoms with Gasteiger partial charge in [0.1, 0.15) is 5.75 Å². The number of rotatable bonds is 6. The van der Waals surface area contributed by atoms with Crippen LogP contribution in [0.1, 0.15) is 36.2 Å². The lowest BCUT2D eigenvalue weighted by Crippen LogP contribution is -2.28. The van der Waals surface area contributed by atoms with Crippen molar-refractivity contribution in [2.75, 3.05) is 13.7 Å². The first-order valence-corrected chi connectivity index (χ1v) is 7.03. The molecule has 0 aliphatic heterocycles. The van der Waals surface area contributed by atoms with E-state index in [0.717, 1.165) is 12.0 Å². The van der Waals surface area contributed by atoms with Crippen LogP contribution in [-0.2, 0) is 11.2 Å². The molecule has 1 saturated carbocycles. The van der Waals surface area contributed by atoms with E-state index in [1.54, 1.807) is 12.1 Å². The van der Waals surface area contributed by atoms with Crippen molar-refractivity contribution in [2.24, 2.45) is 11.3 Å². The summed E-state index contributed by atoms with van der Waals surface area (Å²) in [6, 6.07) is 4.78. The van der Waals surface area contributed by atoms with Gasteiger partial charge in [0, 0.05) is 12.5 Å².